The lowest BCUT2D eigenvalue weighted by molar-refractivity contribution is 0.0897. The number of benzene rings is 1. The molecule has 94 valence electrons. The van der Waals surface area contributed by atoms with Crippen LogP contribution in [0.3, 0.4) is 0 Å². The first kappa shape index (κ1) is 14.0. The van der Waals surface area contributed by atoms with E-state index < -0.39 is 0 Å². The molecule has 4 heteroatoms. The van der Waals surface area contributed by atoms with E-state index in [1.165, 1.54) is 0 Å². The zero-order chi connectivity index (χ0) is 13.0. The molecule has 0 saturated carbocycles. The summed E-state index contributed by atoms with van der Waals surface area (Å²) in [6, 6.07) is 4.94. The third-order valence-corrected chi connectivity index (χ3v) is 3.16. The zero-order valence-electron chi connectivity index (χ0n) is 10.3. The molecule has 2 N–H and O–H groups in total. The Labute approximate surface area is 107 Å². The van der Waals surface area contributed by atoms with Crippen molar-refractivity contribution in [1.82, 2.24) is 5.32 Å². The monoisotopic (exact) mass is 255 g/mol. The summed E-state index contributed by atoms with van der Waals surface area (Å²) in [7, 11) is 0. The highest BCUT2D eigenvalue weighted by Gasteiger charge is 2.16. The van der Waals surface area contributed by atoms with Crippen molar-refractivity contribution in [2.75, 3.05) is 6.61 Å². The second kappa shape index (κ2) is 6.03. The summed E-state index contributed by atoms with van der Waals surface area (Å²) >= 11 is 5.96. The highest BCUT2D eigenvalue weighted by molar-refractivity contribution is 6.31. The summed E-state index contributed by atoms with van der Waals surface area (Å²) < 4.78 is 0. The molecule has 0 radical (unpaired) electrons. The number of aliphatic hydroxyl groups is 1. The van der Waals surface area contributed by atoms with Crippen molar-refractivity contribution in [1.29, 1.82) is 0 Å². The Bertz CT molecular complexity index is 404. The van der Waals surface area contributed by atoms with Gasteiger partial charge in [0.05, 0.1) is 12.6 Å². The van der Waals surface area contributed by atoms with Crippen molar-refractivity contribution >= 4 is 17.5 Å². The standard InChI is InChI=1S/C13H18ClNO2/c1-8(2)12(7-16)15-13(17)10-5-4-9(3)11(14)6-10/h4-6,8,12,16H,7H2,1-3H3,(H,15,17)/t12-/m1/s1. The second-order valence-electron chi connectivity index (χ2n) is 4.47. The third kappa shape index (κ3) is 3.72. The first-order chi connectivity index (χ1) is 7.95. The van der Waals surface area contributed by atoms with Gasteiger partial charge < -0.3 is 10.4 Å². The fourth-order valence-corrected chi connectivity index (χ4v) is 1.59. The lowest BCUT2D eigenvalue weighted by Gasteiger charge is -2.20. The topological polar surface area (TPSA) is 49.3 Å². The molecular formula is C13H18ClNO2. The average Bonchev–Trinajstić information content (AvgIpc) is 2.28. The van der Waals surface area contributed by atoms with Gasteiger partial charge in [0.1, 0.15) is 0 Å². The SMILES string of the molecule is Cc1ccc(C(=O)N[C@H](CO)C(C)C)cc1Cl. The molecule has 0 fully saturated rings. The van der Waals surface area contributed by atoms with Crippen LogP contribution in [0.15, 0.2) is 18.2 Å². The lowest BCUT2D eigenvalue weighted by Crippen LogP contribution is -2.41. The van der Waals surface area contributed by atoms with Gasteiger partial charge in [-0.25, -0.2) is 0 Å². The van der Waals surface area contributed by atoms with Crippen LogP contribution >= 0.6 is 11.6 Å². The maximum Gasteiger partial charge on any atom is 0.251 e. The van der Waals surface area contributed by atoms with Crippen LogP contribution < -0.4 is 5.32 Å². The molecule has 0 aliphatic rings. The van der Waals surface area contributed by atoms with Crippen LogP contribution in [0.4, 0.5) is 0 Å². The number of hydrogen-bond acceptors (Lipinski definition) is 2. The minimum Gasteiger partial charge on any atom is -0.394 e. The highest BCUT2D eigenvalue weighted by atomic mass is 35.5. The van der Waals surface area contributed by atoms with Gasteiger partial charge in [-0.1, -0.05) is 31.5 Å². The fourth-order valence-electron chi connectivity index (χ4n) is 1.41. The van der Waals surface area contributed by atoms with Crippen LogP contribution in [0.1, 0.15) is 29.8 Å². The molecule has 0 saturated heterocycles. The summed E-state index contributed by atoms with van der Waals surface area (Å²) in [6.07, 6.45) is 0. The maximum absolute atomic E-state index is 11.9. The van der Waals surface area contributed by atoms with Crippen LogP contribution in [0.5, 0.6) is 0 Å². The normalized spacial score (nSPS) is 12.6. The number of carbonyl (C=O) groups is 1. The Morgan fingerprint density at radius 2 is 2.12 bits per heavy atom. The Balaban J connectivity index is 2.79. The summed E-state index contributed by atoms with van der Waals surface area (Å²) in [6.45, 7) is 5.71. The smallest absolute Gasteiger partial charge is 0.251 e. The number of nitrogens with one attached hydrogen (secondary N) is 1. The molecule has 1 rings (SSSR count). The van der Waals surface area contributed by atoms with E-state index in [0.29, 0.717) is 10.6 Å². The van der Waals surface area contributed by atoms with Crippen molar-refractivity contribution in [2.24, 2.45) is 5.92 Å². The van der Waals surface area contributed by atoms with Crippen molar-refractivity contribution in [2.45, 2.75) is 26.8 Å². The minimum absolute atomic E-state index is 0.0665. The highest BCUT2D eigenvalue weighted by Crippen LogP contribution is 2.16. The zero-order valence-corrected chi connectivity index (χ0v) is 11.1. The van der Waals surface area contributed by atoms with E-state index in [9.17, 15) is 4.79 Å². The predicted molar refractivity (Wildman–Crippen MR) is 69.4 cm³/mol. The number of hydrogen-bond donors (Lipinski definition) is 2. The fraction of sp³-hybridized carbons (Fsp3) is 0.462. The maximum atomic E-state index is 11.9. The first-order valence-electron chi connectivity index (χ1n) is 5.63. The molecule has 0 unspecified atom stereocenters. The van der Waals surface area contributed by atoms with Crippen LogP contribution in [-0.2, 0) is 0 Å². The van der Waals surface area contributed by atoms with Crippen LogP contribution in [-0.4, -0.2) is 23.7 Å². The molecule has 1 aromatic rings. The van der Waals surface area contributed by atoms with E-state index in [2.05, 4.69) is 5.32 Å². The van der Waals surface area contributed by atoms with E-state index in [1.54, 1.807) is 18.2 Å². The molecule has 0 spiro atoms. The van der Waals surface area contributed by atoms with Crippen molar-refractivity contribution in [3.8, 4) is 0 Å². The van der Waals surface area contributed by atoms with Crippen molar-refractivity contribution in [3.05, 3.63) is 34.3 Å². The number of aliphatic hydroxyl groups excluding tert-OH is 1. The first-order valence-corrected chi connectivity index (χ1v) is 6.01. The average molecular weight is 256 g/mol. The molecule has 1 aromatic carbocycles. The molecule has 1 atom stereocenters. The van der Waals surface area contributed by atoms with Gasteiger partial charge in [-0.05, 0) is 30.5 Å². The van der Waals surface area contributed by atoms with Crippen LogP contribution in [0.2, 0.25) is 5.02 Å². The molecular weight excluding hydrogens is 238 g/mol. The second-order valence-corrected chi connectivity index (χ2v) is 4.88. The summed E-state index contributed by atoms with van der Waals surface area (Å²) in [5, 5.41) is 12.5. The van der Waals surface area contributed by atoms with Gasteiger partial charge in [0.2, 0.25) is 0 Å². The molecule has 0 aliphatic heterocycles. The molecule has 17 heavy (non-hydrogen) atoms. The van der Waals surface area contributed by atoms with E-state index in [-0.39, 0.29) is 24.5 Å². The Kier molecular flexibility index (Phi) is 4.97. The summed E-state index contributed by atoms with van der Waals surface area (Å²) in [5.74, 6) is -0.0236. The minimum atomic E-state index is -0.234. The Morgan fingerprint density at radius 1 is 1.47 bits per heavy atom. The van der Waals surface area contributed by atoms with Crippen molar-refractivity contribution < 1.29 is 9.90 Å². The van der Waals surface area contributed by atoms with Gasteiger partial charge in [0.25, 0.3) is 5.91 Å². The van der Waals surface area contributed by atoms with Gasteiger partial charge in [-0.2, -0.15) is 0 Å². The van der Waals surface area contributed by atoms with Crippen LogP contribution in [0.25, 0.3) is 0 Å². The number of aryl methyl sites for hydroxylation is 1. The number of amides is 1. The third-order valence-electron chi connectivity index (χ3n) is 2.75. The summed E-state index contributed by atoms with van der Waals surface area (Å²) in [5.41, 5.74) is 1.45. The van der Waals surface area contributed by atoms with Gasteiger partial charge in [0.15, 0.2) is 0 Å². The molecule has 1 amide bonds. The van der Waals surface area contributed by atoms with Gasteiger partial charge >= 0.3 is 0 Å². The number of halogens is 1. The molecule has 0 heterocycles. The summed E-state index contributed by atoms with van der Waals surface area (Å²) in [4.78, 5) is 11.9. The molecule has 3 nitrogen and oxygen atoms in total. The quantitative estimate of drug-likeness (QED) is 0.868. The van der Waals surface area contributed by atoms with Crippen LogP contribution in [0, 0.1) is 12.8 Å². The van der Waals surface area contributed by atoms with E-state index >= 15 is 0 Å². The molecule has 0 aromatic heterocycles. The predicted octanol–water partition coefficient (Wildman–Crippen LogP) is 2.40. The number of rotatable bonds is 4. The lowest BCUT2D eigenvalue weighted by atomic mass is 10.0. The van der Waals surface area contributed by atoms with E-state index in [0.717, 1.165) is 5.56 Å². The van der Waals surface area contributed by atoms with Gasteiger partial charge in [-0.15, -0.1) is 0 Å². The van der Waals surface area contributed by atoms with E-state index in [1.807, 2.05) is 20.8 Å². The molecule has 0 bridgehead atoms. The number of carbonyl (C=O) groups excluding carboxylic acids is 1. The Hall–Kier alpha value is -1.06. The van der Waals surface area contributed by atoms with E-state index in [4.69, 9.17) is 16.7 Å². The Morgan fingerprint density at radius 3 is 2.59 bits per heavy atom. The van der Waals surface area contributed by atoms with Gasteiger partial charge in [-0.3, -0.25) is 4.79 Å². The van der Waals surface area contributed by atoms with Gasteiger partial charge in [0, 0.05) is 10.6 Å². The largest absolute Gasteiger partial charge is 0.394 e. The van der Waals surface area contributed by atoms with Crippen molar-refractivity contribution in [3.63, 3.8) is 0 Å². The molecule has 0 aliphatic carbocycles.